The molecule has 0 aliphatic heterocycles. The first-order chi connectivity index (χ1) is 9.10. The number of aromatic nitrogens is 2. The highest BCUT2D eigenvalue weighted by molar-refractivity contribution is 6.42. The number of anilines is 1. The summed E-state index contributed by atoms with van der Waals surface area (Å²) in [7, 11) is 0. The molecule has 1 heterocycles. The van der Waals surface area contributed by atoms with Crippen LogP contribution in [-0.4, -0.2) is 16.5 Å². The minimum Gasteiger partial charge on any atom is -0.437 e. The van der Waals surface area contributed by atoms with Gasteiger partial charge in [-0.05, 0) is 19.1 Å². The van der Waals surface area contributed by atoms with Crippen LogP contribution in [-0.2, 0) is 0 Å². The molecule has 2 aromatic rings. The fourth-order valence-corrected chi connectivity index (χ4v) is 1.74. The summed E-state index contributed by atoms with van der Waals surface area (Å²) >= 11 is 17.7. The van der Waals surface area contributed by atoms with Crippen LogP contribution in [0.15, 0.2) is 24.4 Å². The van der Waals surface area contributed by atoms with Gasteiger partial charge in [0.1, 0.15) is 10.8 Å². The van der Waals surface area contributed by atoms with Gasteiger partial charge in [-0.25, -0.2) is 4.98 Å². The quantitative estimate of drug-likeness (QED) is 0.890. The Morgan fingerprint density at radius 3 is 2.63 bits per heavy atom. The Kier molecular flexibility index (Phi) is 4.69. The van der Waals surface area contributed by atoms with Gasteiger partial charge in [0, 0.05) is 12.6 Å². The normalized spacial score (nSPS) is 10.3. The molecule has 0 radical (unpaired) electrons. The van der Waals surface area contributed by atoms with Crippen LogP contribution >= 0.6 is 34.8 Å². The summed E-state index contributed by atoms with van der Waals surface area (Å²) in [6.45, 7) is 2.64. The number of rotatable bonds is 4. The molecule has 0 amide bonds. The largest absolute Gasteiger partial charge is 0.437 e. The fraction of sp³-hybridized carbons (Fsp3) is 0.167. The second-order valence-electron chi connectivity index (χ2n) is 3.56. The molecule has 1 N–H and O–H groups in total. The van der Waals surface area contributed by atoms with Crippen LogP contribution in [0.1, 0.15) is 6.92 Å². The van der Waals surface area contributed by atoms with Crippen molar-refractivity contribution in [3.05, 3.63) is 39.5 Å². The third-order valence-electron chi connectivity index (χ3n) is 2.15. The Labute approximate surface area is 125 Å². The van der Waals surface area contributed by atoms with E-state index in [1.807, 2.05) is 6.92 Å². The molecule has 0 aliphatic carbocycles. The van der Waals surface area contributed by atoms with Crippen molar-refractivity contribution in [2.75, 3.05) is 11.9 Å². The highest BCUT2D eigenvalue weighted by Gasteiger charge is 2.09. The smallest absolute Gasteiger partial charge is 0.243 e. The van der Waals surface area contributed by atoms with E-state index >= 15 is 0 Å². The van der Waals surface area contributed by atoms with Crippen molar-refractivity contribution in [2.24, 2.45) is 0 Å². The van der Waals surface area contributed by atoms with Crippen LogP contribution in [0.25, 0.3) is 0 Å². The highest BCUT2D eigenvalue weighted by Crippen LogP contribution is 2.31. The van der Waals surface area contributed by atoms with E-state index in [-0.39, 0.29) is 5.88 Å². The molecular formula is C12H10Cl3N3O. The van der Waals surface area contributed by atoms with Crippen molar-refractivity contribution in [1.82, 2.24) is 9.97 Å². The molecule has 1 aromatic carbocycles. The van der Waals surface area contributed by atoms with Crippen molar-refractivity contribution in [1.29, 1.82) is 0 Å². The maximum atomic E-state index is 5.98. The van der Waals surface area contributed by atoms with Gasteiger partial charge in [0.15, 0.2) is 0 Å². The second kappa shape index (κ2) is 6.28. The van der Waals surface area contributed by atoms with E-state index < -0.39 is 0 Å². The zero-order chi connectivity index (χ0) is 13.8. The maximum absolute atomic E-state index is 5.98. The molecule has 4 nitrogen and oxygen atoms in total. The summed E-state index contributed by atoms with van der Waals surface area (Å²) in [4.78, 5) is 8.18. The lowest BCUT2D eigenvalue weighted by atomic mass is 10.3. The Morgan fingerprint density at radius 2 is 1.95 bits per heavy atom. The zero-order valence-electron chi connectivity index (χ0n) is 9.95. The molecule has 1 aromatic heterocycles. The third kappa shape index (κ3) is 3.62. The molecule has 2 rings (SSSR count). The van der Waals surface area contributed by atoms with Gasteiger partial charge in [-0.1, -0.05) is 34.8 Å². The van der Waals surface area contributed by atoms with E-state index in [0.29, 0.717) is 33.3 Å². The lowest BCUT2D eigenvalue weighted by Gasteiger charge is -2.09. The summed E-state index contributed by atoms with van der Waals surface area (Å²) in [5.74, 6) is 1.20. The summed E-state index contributed by atoms with van der Waals surface area (Å²) < 4.78 is 5.57. The minimum atomic E-state index is 0.256. The topological polar surface area (TPSA) is 47.0 Å². The summed E-state index contributed by atoms with van der Waals surface area (Å²) in [5, 5.41) is 4.14. The van der Waals surface area contributed by atoms with Crippen molar-refractivity contribution in [3.8, 4) is 11.6 Å². The van der Waals surface area contributed by atoms with Gasteiger partial charge >= 0.3 is 0 Å². The predicted molar refractivity (Wildman–Crippen MR) is 77.7 cm³/mol. The van der Waals surface area contributed by atoms with E-state index in [0.717, 1.165) is 0 Å². The van der Waals surface area contributed by atoms with E-state index in [2.05, 4.69) is 15.3 Å². The van der Waals surface area contributed by atoms with E-state index in [1.54, 1.807) is 18.2 Å². The number of nitrogens with zero attached hydrogens (tertiary/aromatic N) is 2. The molecule has 0 unspecified atom stereocenters. The van der Waals surface area contributed by atoms with Gasteiger partial charge in [0.25, 0.3) is 0 Å². The standard InChI is InChI=1S/C12H10Cl3N3O/c1-2-16-12-17-6-10(15)11(18-12)19-7-3-4-8(13)9(14)5-7/h3-6H,2H2,1H3,(H,16,17,18). The van der Waals surface area contributed by atoms with Gasteiger partial charge in [0.05, 0.1) is 16.2 Å². The molecule has 0 aliphatic rings. The molecule has 19 heavy (non-hydrogen) atoms. The van der Waals surface area contributed by atoms with E-state index in [9.17, 15) is 0 Å². The number of halogens is 3. The third-order valence-corrected chi connectivity index (χ3v) is 3.15. The molecule has 7 heteroatoms. The molecule has 0 saturated heterocycles. The van der Waals surface area contributed by atoms with E-state index in [4.69, 9.17) is 39.5 Å². The predicted octanol–water partition coefficient (Wildman–Crippen LogP) is 4.66. The molecule has 0 saturated carbocycles. The van der Waals surface area contributed by atoms with Gasteiger partial charge < -0.3 is 10.1 Å². The lowest BCUT2D eigenvalue weighted by molar-refractivity contribution is 0.462. The minimum absolute atomic E-state index is 0.256. The summed E-state index contributed by atoms with van der Waals surface area (Å²) in [6, 6.07) is 4.91. The Morgan fingerprint density at radius 1 is 1.16 bits per heavy atom. The highest BCUT2D eigenvalue weighted by atomic mass is 35.5. The second-order valence-corrected chi connectivity index (χ2v) is 4.78. The summed E-state index contributed by atoms with van der Waals surface area (Å²) in [5.41, 5.74) is 0. The van der Waals surface area contributed by atoms with Gasteiger partial charge in [-0.2, -0.15) is 4.98 Å². The number of nitrogens with one attached hydrogen (secondary N) is 1. The molecule has 100 valence electrons. The van der Waals surface area contributed by atoms with Crippen molar-refractivity contribution < 1.29 is 4.74 Å². The Hall–Kier alpha value is -1.23. The molecule has 0 fully saturated rings. The van der Waals surface area contributed by atoms with Crippen LogP contribution in [0.4, 0.5) is 5.95 Å². The first-order valence-electron chi connectivity index (χ1n) is 5.49. The molecule has 0 spiro atoms. The SMILES string of the molecule is CCNc1ncc(Cl)c(Oc2ccc(Cl)c(Cl)c2)n1. The molecule has 0 bridgehead atoms. The summed E-state index contributed by atoms with van der Waals surface area (Å²) in [6.07, 6.45) is 1.47. The fourth-order valence-electron chi connectivity index (χ4n) is 1.32. The van der Waals surface area contributed by atoms with Crippen LogP contribution in [0.2, 0.25) is 15.1 Å². The molecule has 0 atom stereocenters. The van der Waals surface area contributed by atoms with Gasteiger partial charge in [0.2, 0.25) is 11.8 Å². The number of hydrogen-bond donors (Lipinski definition) is 1. The van der Waals surface area contributed by atoms with E-state index in [1.165, 1.54) is 6.20 Å². The van der Waals surface area contributed by atoms with Crippen molar-refractivity contribution in [2.45, 2.75) is 6.92 Å². The molecular weight excluding hydrogens is 309 g/mol. The Balaban J connectivity index is 2.26. The first kappa shape index (κ1) is 14.2. The van der Waals surface area contributed by atoms with Gasteiger partial charge in [-0.15, -0.1) is 0 Å². The van der Waals surface area contributed by atoms with Crippen LogP contribution in [0.3, 0.4) is 0 Å². The maximum Gasteiger partial charge on any atom is 0.243 e. The number of hydrogen-bond acceptors (Lipinski definition) is 4. The average Bonchev–Trinajstić information content (AvgIpc) is 2.38. The van der Waals surface area contributed by atoms with Crippen LogP contribution in [0, 0.1) is 0 Å². The van der Waals surface area contributed by atoms with Crippen LogP contribution in [0.5, 0.6) is 11.6 Å². The average molecular weight is 319 g/mol. The first-order valence-corrected chi connectivity index (χ1v) is 6.63. The number of ether oxygens (including phenoxy) is 1. The number of benzene rings is 1. The van der Waals surface area contributed by atoms with Crippen molar-refractivity contribution >= 4 is 40.8 Å². The Bertz CT molecular complexity index is 592. The zero-order valence-corrected chi connectivity index (χ0v) is 12.2. The van der Waals surface area contributed by atoms with Crippen molar-refractivity contribution in [3.63, 3.8) is 0 Å². The monoisotopic (exact) mass is 317 g/mol. The lowest BCUT2D eigenvalue weighted by Crippen LogP contribution is -2.02. The van der Waals surface area contributed by atoms with Crippen LogP contribution < -0.4 is 10.1 Å². The van der Waals surface area contributed by atoms with Gasteiger partial charge in [-0.3, -0.25) is 0 Å².